The highest BCUT2D eigenvalue weighted by Gasteiger charge is 2.22. The van der Waals surface area contributed by atoms with E-state index in [2.05, 4.69) is 22.5 Å². The number of carbonyl (C=O) groups excluding carboxylic acids is 1. The van der Waals surface area contributed by atoms with E-state index in [0.717, 1.165) is 24.2 Å². The van der Waals surface area contributed by atoms with Crippen molar-refractivity contribution in [2.45, 2.75) is 25.4 Å². The third-order valence-corrected chi connectivity index (χ3v) is 4.96. The highest BCUT2D eigenvalue weighted by Crippen LogP contribution is 2.22. The molecule has 0 radical (unpaired) electrons. The molecule has 1 N–H and O–H groups in total. The summed E-state index contributed by atoms with van der Waals surface area (Å²) in [5, 5.41) is 7.38. The molecule has 0 bridgehead atoms. The van der Waals surface area contributed by atoms with E-state index >= 15 is 0 Å². The van der Waals surface area contributed by atoms with Crippen LogP contribution in [0.25, 0.3) is 11.3 Å². The Balaban J connectivity index is 1.45. The summed E-state index contributed by atoms with van der Waals surface area (Å²) in [7, 11) is 1.61. The second-order valence-corrected chi connectivity index (χ2v) is 6.88. The Labute approximate surface area is 162 Å². The Morgan fingerprint density at radius 3 is 2.39 bits per heavy atom. The summed E-state index contributed by atoms with van der Waals surface area (Å²) in [5.41, 5.74) is 3.71. The van der Waals surface area contributed by atoms with E-state index < -0.39 is 0 Å². The summed E-state index contributed by atoms with van der Waals surface area (Å²) in [6.45, 7) is -0.102. The number of ether oxygens (including phenoxy) is 1. The average molecular weight is 375 g/mol. The van der Waals surface area contributed by atoms with E-state index in [1.807, 2.05) is 36.4 Å². The smallest absolute Gasteiger partial charge is 0.267 e. The lowest BCUT2D eigenvalue weighted by molar-refractivity contribution is -0.122. The predicted octanol–water partition coefficient (Wildman–Crippen LogP) is 2.20. The van der Waals surface area contributed by atoms with Crippen LogP contribution in [0.2, 0.25) is 0 Å². The number of rotatable bonds is 5. The summed E-state index contributed by atoms with van der Waals surface area (Å²) in [4.78, 5) is 24.6. The Morgan fingerprint density at radius 1 is 1.07 bits per heavy atom. The fourth-order valence-corrected chi connectivity index (χ4v) is 3.55. The van der Waals surface area contributed by atoms with Crippen LogP contribution in [-0.2, 0) is 24.2 Å². The first-order chi connectivity index (χ1) is 13.6. The van der Waals surface area contributed by atoms with Crippen LogP contribution < -0.4 is 15.6 Å². The number of aromatic nitrogens is 2. The van der Waals surface area contributed by atoms with E-state index in [1.54, 1.807) is 13.2 Å². The third kappa shape index (κ3) is 3.81. The number of benzene rings is 2. The number of hydrogen-bond acceptors (Lipinski definition) is 4. The summed E-state index contributed by atoms with van der Waals surface area (Å²) >= 11 is 0. The van der Waals surface area contributed by atoms with Gasteiger partial charge in [-0.2, -0.15) is 5.10 Å². The maximum Gasteiger partial charge on any atom is 0.267 e. The fourth-order valence-electron chi connectivity index (χ4n) is 3.55. The zero-order valence-electron chi connectivity index (χ0n) is 15.6. The first-order valence-corrected chi connectivity index (χ1v) is 9.21. The molecule has 4 rings (SSSR count). The van der Waals surface area contributed by atoms with Crippen molar-refractivity contribution in [1.82, 2.24) is 15.1 Å². The van der Waals surface area contributed by atoms with Crippen molar-refractivity contribution < 1.29 is 9.53 Å². The first-order valence-electron chi connectivity index (χ1n) is 9.21. The molecule has 0 unspecified atom stereocenters. The number of fused-ring (bicyclic) bond motifs is 1. The topological polar surface area (TPSA) is 73.2 Å². The Bertz CT molecular complexity index is 1030. The molecule has 2 aromatic carbocycles. The Kier molecular flexibility index (Phi) is 4.93. The van der Waals surface area contributed by atoms with Crippen LogP contribution >= 0.6 is 0 Å². The molecule has 1 aliphatic rings. The van der Waals surface area contributed by atoms with Gasteiger partial charge in [-0.3, -0.25) is 9.59 Å². The molecular weight excluding hydrogens is 354 g/mol. The van der Waals surface area contributed by atoms with Crippen LogP contribution in [0, 0.1) is 0 Å². The van der Waals surface area contributed by atoms with Crippen molar-refractivity contribution in [1.29, 1.82) is 0 Å². The summed E-state index contributed by atoms with van der Waals surface area (Å²) in [5.74, 6) is 0.535. The molecule has 6 nitrogen and oxygen atoms in total. The average Bonchev–Trinajstić information content (AvgIpc) is 3.12. The SMILES string of the molecule is COc1ccc(-c2ccc(=O)n(CC(=O)NC3Cc4ccccc4C3)n2)cc1. The molecular formula is C22H21N3O3. The lowest BCUT2D eigenvalue weighted by Crippen LogP contribution is -2.39. The molecule has 0 saturated heterocycles. The van der Waals surface area contributed by atoms with Gasteiger partial charge in [-0.1, -0.05) is 24.3 Å². The molecule has 1 aliphatic carbocycles. The number of carbonyl (C=O) groups is 1. The maximum atomic E-state index is 12.5. The largest absolute Gasteiger partial charge is 0.497 e. The zero-order valence-corrected chi connectivity index (χ0v) is 15.6. The Hall–Kier alpha value is -3.41. The molecule has 6 heteroatoms. The number of nitrogens with zero attached hydrogens (tertiary/aromatic N) is 2. The lowest BCUT2D eigenvalue weighted by atomic mass is 10.1. The van der Waals surface area contributed by atoms with Crippen molar-refractivity contribution in [3.63, 3.8) is 0 Å². The molecule has 0 spiro atoms. The number of methoxy groups -OCH3 is 1. The standard InChI is InChI=1S/C22H21N3O3/c1-28-19-8-6-15(7-9-19)20-10-11-22(27)25(24-20)14-21(26)23-18-12-16-4-2-3-5-17(16)13-18/h2-11,18H,12-14H2,1H3,(H,23,26). The van der Waals surface area contributed by atoms with Crippen LogP contribution in [0.4, 0.5) is 0 Å². The van der Waals surface area contributed by atoms with Gasteiger partial charge in [0.1, 0.15) is 12.3 Å². The van der Waals surface area contributed by atoms with Gasteiger partial charge in [-0.25, -0.2) is 4.68 Å². The van der Waals surface area contributed by atoms with Crippen molar-refractivity contribution in [2.75, 3.05) is 7.11 Å². The van der Waals surface area contributed by atoms with Crippen LogP contribution in [0.1, 0.15) is 11.1 Å². The molecule has 1 amide bonds. The van der Waals surface area contributed by atoms with Gasteiger partial charge in [0, 0.05) is 17.7 Å². The van der Waals surface area contributed by atoms with Gasteiger partial charge >= 0.3 is 0 Å². The molecule has 0 aliphatic heterocycles. The number of amides is 1. The monoisotopic (exact) mass is 375 g/mol. The van der Waals surface area contributed by atoms with Crippen molar-refractivity contribution in [3.8, 4) is 17.0 Å². The second-order valence-electron chi connectivity index (χ2n) is 6.88. The predicted molar refractivity (Wildman–Crippen MR) is 106 cm³/mol. The quantitative estimate of drug-likeness (QED) is 0.742. The van der Waals surface area contributed by atoms with E-state index in [0.29, 0.717) is 5.69 Å². The molecule has 0 saturated carbocycles. The summed E-state index contributed by atoms with van der Waals surface area (Å²) < 4.78 is 6.36. The van der Waals surface area contributed by atoms with Gasteiger partial charge in [0.05, 0.1) is 12.8 Å². The third-order valence-electron chi connectivity index (χ3n) is 4.96. The molecule has 1 heterocycles. The molecule has 3 aromatic rings. The molecule has 28 heavy (non-hydrogen) atoms. The maximum absolute atomic E-state index is 12.5. The van der Waals surface area contributed by atoms with Crippen LogP contribution in [-0.4, -0.2) is 28.8 Å². The minimum Gasteiger partial charge on any atom is -0.497 e. The van der Waals surface area contributed by atoms with E-state index in [9.17, 15) is 9.59 Å². The molecule has 142 valence electrons. The normalized spacial score (nSPS) is 13.2. The zero-order chi connectivity index (χ0) is 19.5. The van der Waals surface area contributed by atoms with Gasteiger partial charge in [0.25, 0.3) is 5.56 Å². The fraction of sp³-hybridized carbons (Fsp3) is 0.227. The van der Waals surface area contributed by atoms with Crippen LogP contribution in [0.15, 0.2) is 65.5 Å². The minimum atomic E-state index is -0.304. The molecule has 1 aromatic heterocycles. The molecule has 0 atom stereocenters. The number of hydrogen-bond donors (Lipinski definition) is 1. The van der Waals surface area contributed by atoms with Gasteiger partial charge in [-0.05, 0) is 54.3 Å². The Morgan fingerprint density at radius 2 is 1.75 bits per heavy atom. The lowest BCUT2D eigenvalue weighted by Gasteiger charge is -2.13. The van der Waals surface area contributed by atoms with Crippen LogP contribution in [0.5, 0.6) is 5.75 Å². The van der Waals surface area contributed by atoms with E-state index in [1.165, 1.54) is 21.9 Å². The summed E-state index contributed by atoms with van der Waals surface area (Å²) in [6.07, 6.45) is 1.63. The van der Waals surface area contributed by atoms with Crippen LogP contribution in [0.3, 0.4) is 0 Å². The summed E-state index contributed by atoms with van der Waals surface area (Å²) in [6, 6.07) is 18.8. The van der Waals surface area contributed by atoms with Gasteiger partial charge in [0.15, 0.2) is 0 Å². The van der Waals surface area contributed by atoms with Crippen molar-refractivity contribution in [3.05, 3.63) is 82.1 Å². The molecule has 0 fully saturated rings. The highest BCUT2D eigenvalue weighted by atomic mass is 16.5. The highest BCUT2D eigenvalue weighted by molar-refractivity contribution is 5.76. The van der Waals surface area contributed by atoms with Gasteiger partial charge < -0.3 is 10.1 Å². The first kappa shape index (κ1) is 18.0. The second kappa shape index (κ2) is 7.68. The number of nitrogens with one attached hydrogen (secondary N) is 1. The minimum absolute atomic E-state index is 0.0605. The van der Waals surface area contributed by atoms with Gasteiger partial charge in [-0.15, -0.1) is 0 Å². The van der Waals surface area contributed by atoms with E-state index in [-0.39, 0.29) is 24.1 Å². The van der Waals surface area contributed by atoms with Gasteiger partial charge in [0.2, 0.25) is 5.91 Å². The van der Waals surface area contributed by atoms with Crippen molar-refractivity contribution in [2.24, 2.45) is 0 Å². The van der Waals surface area contributed by atoms with Crippen molar-refractivity contribution >= 4 is 5.91 Å². The van der Waals surface area contributed by atoms with E-state index in [4.69, 9.17) is 4.74 Å².